The van der Waals surface area contributed by atoms with E-state index in [1.54, 1.807) is 20.8 Å². The molecule has 0 aromatic rings. The van der Waals surface area contributed by atoms with E-state index < -0.39 is 178 Å². The third-order valence-corrected chi connectivity index (χ3v) is 20.3. The van der Waals surface area contributed by atoms with Crippen LogP contribution in [-0.4, -0.2) is 168 Å². The average Bonchev–Trinajstić information content (AvgIpc) is 3.24. The number of hydrogen-bond acceptors (Lipinski definition) is 23. The number of carbonyl (C=O) groups excluding carboxylic acids is 7. The van der Waals surface area contributed by atoms with Gasteiger partial charge in [0.25, 0.3) is 5.97 Å². The summed E-state index contributed by atoms with van der Waals surface area (Å²) >= 11 is 0. The Kier molecular flexibility index (Phi) is 17.4. The van der Waals surface area contributed by atoms with Crippen molar-refractivity contribution in [1.82, 2.24) is 0 Å². The van der Waals surface area contributed by atoms with Gasteiger partial charge in [-0.25, -0.2) is 0 Å². The molecule has 22 atom stereocenters. The van der Waals surface area contributed by atoms with Crippen LogP contribution in [0.2, 0.25) is 0 Å². The smallest absolute Gasteiger partial charge is 0.303 e. The molecule has 1 unspecified atom stereocenters. The summed E-state index contributed by atoms with van der Waals surface area (Å²) in [6.07, 6.45) is -10.3. The molecule has 23 heteroatoms. The molecule has 8 fully saturated rings. The standard InChI is InChI=1S/C58H88O23/c1-28(59)68-26-36-42(70-30(3)61)44(72-32(5)63)46(74-34(7)65)49(76-36)75-35-25-39-53(12)20-18-40(79-57(16)80-47-45(73-33(6)64)43(71-31(4)62)37(27-69-29(2)60)77-50(47)81-57)51(8,9)38(53)17-21-54(39,13)55(14)23-24-58(67,48(35)55)56(15)22-19-41(78-56)52(10,11)66/h35-50,66-67H,17-27H2,1-16H3/t35-,36-,37-,38+,39-,40-,41-,42-,43-,44+,45+,46-,47-,48+,49-,50-,53+,54-,55-,56+,57?,58-/m1/s1. The molecule has 4 aliphatic carbocycles. The normalized spacial score (nSPS) is 45.2. The van der Waals surface area contributed by atoms with Crippen LogP contribution in [0.5, 0.6) is 0 Å². The van der Waals surface area contributed by atoms with Crippen molar-refractivity contribution < 1.29 is 110 Å². The molecule has 8 aliphatic rings. The van der Waals surface area contributed by atoms with E-state index in [0.29, 0.717) is 44.9 Å². The summed E-state index contributed by atoms with van der Waals surface area (Å²) in [4.78, 5) is 88.0. The topological polar surface area (TPSA) is 289 Å². The van der Waals surface area contributed by atoms with Crippen LogP contribution in [0.4, 0.5) is 0 Å². The van der Waals surface area contributed by atoms with Crippen LogP contribution in [0.3, 0.4) is 0 Å². The Morgan fingerprint density at radius 3 is 1.63 bits per heavy atom. The molecule has 0 aromatic heterocycles. The highest BCUT2D eigenvalue weighted by atomic mass is 16.9. The van der Waals surface area contributed by atoms with E-state index in [4.69, 9.17) is 66.3 Å². The van der Waals surface area contributed by atoms with Crippen molar-refractivity contribution >= 4 is 41.8 Å². The zero-order chi connectivity index (χ0) is 60.0. The van der Waals surface area contributed by atoms with Gasteiger partial charge in [0.15, 0.2) is 49.2 Å². The minimum absolute atomic E-state index is 0.0180. The number of carbonyl (C=O) groups is 7. The average molecular weight is 1150 g/mol. The highest BCUT2D eigenvalue weighted by molar-refractivity contribution is 5.69. The maximum absolute atomic E-state index is 13.8. The molecule has 8 rings (SSSR count). The molecule has 4 aliphatic heterocycles. The quantitative estimate of drug-likeness (QED) is 0.121. The molecule has 458 valence electrons. The molecule has 0 aromatic carbocycles. The Bertz CT molecular complexity index is 2420. The van der Waals surface area contributed by atoms with E-state index in [1.807, 2.05) is 6.92 Å². The largest absolute Gasteiger partial charge is 0.463 e. The van der Waals surface area contributed by atoms with Crippen LogP contribution in [0.15, 0.2) is 0 Å². The lowest BCUT2D eigenvalue weighted by Crippen LogP contribution is -2.71. The van der Waals surface area contributed by atoms with Crippen LogP contribution in [0, 0.1) is 39.4 Å². The van der Waals surface area contributed by atoms with Crippen molar-refractivity contribution in [3.8, 4) is 0 Å². The predicted molar refractivity (Wildman–Crippen MR) is 277 cm³/mol. The molecule has 0 radical (unpaired) electrons. The van der Waals surface area contributed by atoms with Gasteiger partial charge in [0.2, 0.25) is 0 Å². The van der Waals surface area contributed by atoms with Gasteiger partial charge in [-0.3, -0.25) is 38.3 Å². The molecule has 4 saturated heterocycles. The molecule has 2 N–H and O–H groups in total. The molecule has 4 heterocycles. The molecule has 0 spiro atoms. The first-order chi connectivity index (χ1) is 37.4. The van der Waals surface area contributed by atoms with Crippen molar-refractivity contribution in [1.29, 1.82) is 0 Å². The highest BCUT2D eigenvalue weighted by Crippen LogP contribution is 2.77. The van der Waals surface area contributed by atoms with Crippen molar-refractivity contribution in [2.45, 2.75) is 271 Å². The summed E-state index contributed by atoms with van der Waals surface area (Å²) in [6.45, 7) is 25.6. The molecule has 0 bridgehead atoms. The van der Waals surface area contributed by atoms with Crippen molar-refractivity contribution in [3.05, 3.63) is 0 Å². The number of fused-ring (bicyclic) bond motifs is 6. The second-order valence-corrected chi connectivity index (χ2v) is 26.4. The molecule has 4 saturated carbocycles. The zero-order valence-corrected chi connectivity index (χ0v) is 50.0. The van der Waals surface area contributed by atoms with Crippen LogP contribution >= 0.6 is 0 Å². The Morgan fingerprint density at radius 1 is 0.556 bits per heavy atom. The number of rotatable bonds is 15. The van der Waals surface area contributed by atoms with Gasteiger partial charge in [0.05, 0.1) is 35.1 Å². The van der Waals surface area contributed by atoms with Crippen LogP contribution < -0.4 is 0 Å². The Morgan fingerprint density at radius 2 is 1.09 bits per heavy atom. The summed E-state index contributed by atoms with van der Waals surface area (Å²) in [7, 11) is 0. The van der Waals surface area contributed by atoms with Crippen molar-refractivity contribution in [3.63, 3.8) is 0 Å². The Balaban J connectivity index is 1.15. The van der Waals surface area contributed by atoms with Gasteiger partial charge in [-0.2, -0.15) is 0 Å². The molecule has 0 amide bonds. The van der Waals surface area contributed by atoms with E-state index in [-0.39, 0.29) is 18.4 Å². The minimum atomic E-state index is -1.77. The first-order valence-electron chi connectivity index (χ1n) is 28.7. The lowest BCUT2D eigenvalue weighted by molar-refractivity contribution is -0.381. The van der Waals surface area contributed by atoms with E-state index in [0.717, 1.165) is 26.7 Å². The lowest BCUT2D eigenvalue weighted by Gasteiger charge is -2.71. The summed E-state index contributed by atoms with van der Waals surface area (Å²) in [5, 5.41) is 25.1. The van der Waals surface area contributed by atoms with Gasteiger partial charge < -0.3 is 71.8 Å². The first-order valence-corrected chi connectivity index (χ1v) is 28.7. The van der Waals surface area contributed by atoms with Gasteiger partial charge in [-0.15, -0.1) is 0 Å². The monoisotopic (exact) mass is 1150 g/mol. The van der Waals surface area contributed by atoms with Gasteiger partial charge >= 0.3 is 41.8 Å². The van der Waals surface area contributed by atoms with Crippen molar-refractivity contribution in [2.24, 2.45) is 39.4 Å². The van der Waals surface area contributed by atoms with Crippen molar-refractivity contribution in [2.75, 3.05) is 13.2 Å². The summed E-state index contributed by atoms with van der Waals surface area (Å²) in [5.41, 5.74) is -6.11. The maximum atomic E-state index is 13.8. The molecule has 81 heavy (non-hydrogen) atoms. The van der Waals surface area contributed by atoms with Gasteiger partial charge in [0.1, 0.15) is 25.4 Å². The number of aliphatic hydroxyl groups is 2. The maximum Gasteiger partial charge on any atom is 0.303 e. The second-order valence-electron chi connectivity index (χ2n) is 26.4. The Labute approximate surface area is 474 Å². The fourth-order valence-corrected chi connectivity index (χ4v) is 16.7. The fourth-order valence-electron chi connectivity index (χ4n) is 16.7. The van der Waals surface area contributed by atoms with E-state index in [2.05, 4.69) is 34.6 Å². The predicted octanol–water partition coefficient (Wildman–Crippen LogP) is 5.20. The van der Waals surface area contributed by atoms with E-state index in [9.17, 15) is 43.8 Å². The number of esters is 7. The van der Waals surface area contributed by atoms with Crippen LogP contribution in [0.1, 0.15) is 169 Å². The molecular weight excluding hydrogens is 1060 g/mol. The number of ether oxygens (including phenoxy) is 14. The van der Waals surface area contributed by atoms with Gasteiger partial charge in [0, 0.05) is 61.3 Å². The van der Waals surface area contributed by atoms with E-state index >= 15 is 0 Å². The summed E-state index contributed by atoms with van der Waals surface area (Å²) in [6, 6.07) is 0. The second kappa shape index (κ2) is 22.4. The van der Waals surface area contributed by atoms with Gasteiger partial charge in [-0.05, 0) is 112 Å². The highest BCUT2D eigenvalue weighted by Gasteiger charge is 2.77. The summed E-state index contributed by atoms with van der Waals surface area (Å²) < 4.78 is 86.7. The summed E-state index contributed by atoms with van der Waals surface area (Å²) in [5.74, 6) is -7.59. The molecule has 23 nitrogen and oxygen atoms in total. The molecular formula is C58H88O23. The SMILES string of the molecule is CC(=O)OC[C@H]1O[C@@H](O[C@@H]2C[C@@H]3[C@@]4(C)CC[C@@H](OC5(C)O[C@H]6O[C@H](COC(C)=O)[C@@H](OC(C)=O)[C@H](OC(C)=O)[C@H]6O5)C(C)(C)[C@@H]4CC[C@@]3(C)[C@]3(C)CC[C@](O)([C@]4(C)CC[C@H](C(C)(C)O)O4)[C@@H]23)[C@H](OC(C)=O)[C@@H](OC(C)=O)[C@@H]1OC(C)=O. The minimum Gasteiger partial charge on any atom is -0.463 e. The van der Waals surface area contributed by atoms with Gasteiger partial charge in [-0.1, -0.05) is 34.6 Å². The third-order valence-electron chi connectivity index (χ3n) is 20.3. The van der Waals surface area contributed by atoms with Crippen LogP contribution in [-0.2, 0) is 99.9 Å². The lowest BCUT2D eigenvalue weighted by atomic mass is 9.35. The third kappa shape index (κ3) is 11.6. The van der Waals surface area contributed by atoms with Crippen LogP contribution in [0.25, 0.3) is 0 Å². The van der Waals surface area contributed by atoms with E-state index in [1.165, 1.54) is 34.6 Å². The fraction of sp³-hybridized carbons (Fsp3) is 0.879. The Hall–Kier alpha value is -4.07. The number of hydrogen-bond donors (Lipinski definition) is 2. The first kappa shape index (κ1) is 63.0. The zero-order valence-electron chi connectivity index (χ0n) is 50.0.